The predicted octanol–water partition coefficient (Wildman–Crippen LogP) is 4.25. The molecule has 1 saturated carbocycles. The molecule has 1 aliphatic carbocycles. The highest BCUT2D eigenvalue weighted by molar-refractivity contribution is 6.31. The number of piperidine rings is 1. The maximum Gasteiger partial charge on any atom is 0.254 e. The number of carbonyl (C=O) groups is 1. The minimum Gasteiger partial charge on any atom is -0.352 e. The van der Waals surface area contributed by atoms with E-state index in [-0.39, 0.29) is 18.3 Å². The fourth-order valence-corrected chi connectivity index (χ4v) is 4.03. The maximum absolute atomic E-state index is 12.8. The molecule has 152 valence electrons. The molecule has 28 heavy (non-hydrogen) atoms. The molecule has 1 amide bonds. The third-order valence-corrected chi connectivity index (χ3v) is 6.06. The lowest BCUT2D eigenvalue weighted by atomic mass is 9.96. The largest absolute Gasteiger partial charge is 0.352 e. The Balaban J connectivity index is 0.00000225. The van der Waals surface area contributed by atoms with Gasteiger partial charge in [-0.2, -0.15) is 5.10 Å². The SMILES string of the molecule is Cc1ccc(-n2ncc(C(=O)NCCC3CCCNC3)c2C2CC2)cc1Cl.Cl. The quantitative estimate of drug-likeness (QED) is 0.730. The average molecular weight is 423 g/mol. The van der Waals surface area contributed by atoms with E-state index in [1.807, 2.05) is 29.8 Å². The van der Waals surface area contributed by atoms with E-state index < -0.39 is 0 Å². The van der Waals surface area contributed by atoms with Gasteiger partial charge in [0.1, 0.15) is 0 Å². The van der Waals surface area contributed by atoms with Gasteiger partial charge < -0.3 is 10.6 Å². The first-order chi connectivity index (χ1) is 13.1. The molecule has 0 spiro atoms. The Labute approximate surface area is 177 Å². The van der Waals surface area contributed by atoms with Crippen molar-refractivity contribution >= 4 is 29.9 Å². The smallest absolute Gasteiger partial charge is 0.254 e. The topological polar surface area (TPSA) is 59.0 Å². The molecule has 1 saturated heterocycles. The molecule has 2 aromatic rings. The summed E-state index contributed by atoms with van der Waals surface area (Å²) in [5.41, 5.74) is 3.68. The first kappa shape index (κ1) is 21.2. The van der Waals surface area contributed by atoms with Gasteiger partial charge in [0.05, 0.1) is 23.1 Å². The van der Waals surface area contributed by atoms with Crippen molar-refractivity contribution in [2.24, 2.45) is 5.92 Å². The summed E-state index contributed by atoms with van der Waals surface area (Å²) in [7, 11) is 0. The van der Waals surface area contributed by atoms with Crippen molar-refractivity contribution < 1.29 is 4.79 Å². The number of benzene rings is 1. The van der Waals surface area contributed by atoms with E-state index >= 15 is 0 Å². The Morgan fingerprint density at radius 2 is 2.18 bits per heavy atom. The van der Waals surface area contributed by atoms with Crippen molar-refractivity contribution in [3.05, 3.63) is 46.2 Å². The van der Waals surface area contributed by atoms with E-state index in [9.17, 15) is 4.79 Å². The Kier molecular flexibility index (Phi) is 7.02. The Morgan fingerprint density at radius 1 is 1.36 bits per heavy atom. The molecular formula is C21H28Cl2N4O. The molecule has 5 nitrogen and oxygen atoms in total. The van der Waals surface area contributed by atoms with Crippen molar-refractivity contribution in [2.45, 2.75) is 44.9 Å². The summed E-state index contributed by atoms with van der Waals surface area (Å²) < 4.78 is 1.89. The van der Waals surface area contributed by atoms with Gasteiger partial charge >= 0.3 is 0 Å². The number of amides is 1. The van der Waals surface area contributed by atoms with Crippen LogP contribution in [-0.4, -0.2) is 35.3 Å². The summed E-state index contributed by atoms with van der Waals surface area (Å²) in [6.07, 6.45) is 7.44. The summed E-state index contributed by atoms with van der Waals surface area (Å²) in [5.74, 6) is 1.07. The van der Waals surface area contributed by atoms with Gasteiger partial charge in [0.25, 0.3) is 5.91 Å². The van der Waals surface area contributed by atoms with Gasteiger partial charge in [-0.25, -0.2) is 4.68 Å². The first-order valence-corrected chi connectivity index (χ1v) is 10.3. The van der Waals surface area contributed by atoms with Crippen LogP contribution in [0.25, 0.3) is 5.69 Å². The summed E-state index contributed by atoms with van der Waals surface area (Å²) >= 11 is 6.30. The zero-order chi connectivity index (χ0) is 18.8. The number of rotatable bonds is 6. The van der Waals surface area contributed by atoms with Crippen LogP contribution in [0, 0.1) is 12.8 Å². The van der Waals surface area contributed by atoms with Crippen molar-refractivity contribution in [3.8, 4) is 5.69 Å². The number of carbonyl (C=O) groups excluding carboxylic acids is 1. The Bertz CT molecular complexity index is 826. The van der Waals surface area contributed by atoms with E-state index in [0.29, 0.717) is 17.4 Å². The molecule has 1 aromatic heterocycles. The Hall–Kier alpha value is -1.56. The summed E-state index contributed by atoms with van der Waals surface area (Å²) in [5, 5.41) is 11.8. The van der Waals surface area contributed by atoms with Crippen LogP contribution in [0.15, 0.2) is 24.4 Å². The van der Waals surface area contributed by atoms with E-state index in [4.69, 9.17) is 11.6 Å². The van der Waals surface area contributed by atoms with Gasteiger partial charge in [-0.3, -0.25) is 4.79 Å². The van der Waals surface area contributed by atoms with Crippen molar-refractivity contribution in [1.82, 2.24) is 20.4 Å². The van der Waals surface area contributed by atoms with Gasteiger partial charge in [0.2, 0.25) is 0 Å². The van der Waals surface area contributed by atoms with Gasteiger partial charge in [-0.1, -0.05) is 17.7 Å². The lowest BCUT2D eigenvalue weighted by molar-refractivity contribution is 0.0949. The number of nitrogens with one attached hydrogen (secondary N) is 2. The van der Waals surface area contributed by atoms with Crippen molar-refractivity contribution in [2.75, 3.05) is 19.6 Å². The molecule has 2 N–H and O–H groups in total. The molecule has 4 rings (SSSR count). The van der Waals surface area contributed by atoms with Crippen LogP contribution < -0.4 is 10.6 Å². The average Bonchev–Trinajstić information content (AvgIpc) is 3.42. The second-order valence-electron chi connectivity index (χ2n) is 7.82. The zero-order valence-corrected chi connectivity index (χ0v) is 17.8. The van der Waals surface area contributed by atoms with Crippen molar-refractivity contribution in [1.29, 1.82) is 0 Å². The molecule has 1 aliphatic heterocycles. The minimum absolute atomic E-state index is 0. The summed E-state index contributed by atoms with van der Waals surface area (Å²) in [4.78, 5) is 12.8. The van der Waals surface area contributed by atoms with Crippen LogP contribution in [0.1, 0.15) is 59.6 Å². The molecule has 0 bridgehead atoms. The lowest BCUT2D eigenvalue weighted by Crippen LogP contribution is -2.33. The fourth-order valence-electron chi connectivity index (χ4n) is 3.86. The van der Waals surface area contributed by atoms with Crippen LogP contribution in [0.2, 0.25) is 5.02 Å². The molecule has 2 aliphatic rings. The maximum atomic E-state index is 12.8. The highest BCUT2D eigenvalue weighted by atomic mass is 35.5. The number of halogens is 2. The molecule has 2 fully saturated rings. The fraction of sp³-hybridized carbons (Fsp3) is 0.524. The number of aryl methyl sites for hydroxylation is 1. The van der Waals surface area contributed by atoms with Gasteiger partial charge in [-0.15, -0.1) is 12.4 Å². The number of nitrogens with zero attached hydrogens (tertiary/aromatic N) is 2. The first-order valence-electron chi connectivity index (χ1n) is 9.97. The third kappa shape index (κ3) is 4.70. The van der Waals surface area contributed by atoms with Crippen LogP contribution in [0.3, 0.4) is 0 Å². The molecule has 1 unspecified atom stereocenters. The lowest BCUT2D eigenvalue weighted by Gasteiger charge is -2.22. The molecule has 7 heteroatoms. The van der Waals surface area contributed by atoms with E-state index in [1.165, 1.54) is 12.8 Å². The molecular weight excluding hydrogens is 395 g/mol. The summed E-state index contributed by atoms with van der Waals surface area (Å²) in [6.45, 7) is 4.89. The molecule has 2 heterocycles. The second-order valence-corrected chi connectivity index (χ2v) is 8.23. The van der Waals surface area contributed by atoms with Gasteiger partial charge in [0, 0.05) is 17.5 Å². The molecule has 1 atom stereocenters. The van der Waals surface area contributed by atoms with Crippen LogP contribution >= 0.6 is 24.0 Å². The Morgan fingerprint density at radius 3 is 2.86 bits per heavy atom. The van der Waals surface area contributed by atoms with E-state index in [2.05, 4.69) is 15.7 Å². The monoisotopic (exact) mass is 422 g/mol. The highest BCUT2D eigenvalue weighted by Gasteiger charge is 2.33. The predicted molar refractivity (Wildman–Crippen MR) is 115 cm³/mol. The summed E-state index contributed by atoms with van der Waals surface area (Å²) in [6, 6.07) is 5.93. The second kappa shape index (κ2) is 9.29. The molecule has 1 aromatic carbocycles. The van der Waals surface area contributed by atoms with Crippen LogP contribution in [0.4, 0.5) is 0 Å². The highest BCUT2D eigenvalue weighted by Crippen LogP contribution is 2.42. The number of hydrogen-bond acceptors (Lipinski definition) is 3. The van der Waals surface area contributed by atoms with Gasteiger partial charge in [0.15, 0.2) is 0 Å². The zero-order valence-electron chi connectivity index (χ0n) is 16.2. The normalized spacial score (nSPS) is 19.1. The number of hydrogen-bond donors (Lipinski definition) is 2. The standard InChI is InChI=1S/C21H27ClN4O.ClH/c1-14-4-7-17(11-19(14)22)26-20(16-5-6-16)18(13-25-26)21(27)24-10-8-15-3-2-9-23-12-15;/h4,7,11,13,15-16,23H,2-3,5-6,8-10,12H2,1H3,(H,24,27);1H. The molecule has 0 radical (unpaired) electrons. The third-order valence-electron chi connectivity index (χ3n) is 5.65. The van der Waals surface area contributed by atoms with Gasteiger partial charge in [-0.05, 0) is 75.7 Å². The van der Waals surface area contributed by atoms with Crippen molar-refractivity contribution in [3.63, 3.8) is 0 Å². The van der Waals surface area contributed by atoms with E-state index in [1.54, 1.807) is 6.20 Å². The minimum atomic E-state index is -0.00914. The number of aromatic nitrogens is 2. The van der Waals surface area contributed by atoms with E-state index in [0.717, 1.165) is 60.9 Å². The van der Waals surface area contributed by atoms with Crippen LogP contribution in [-0.2, 0) is 0 Å². The van der Waals surface area contributed by atoms with Crippen LogP contribution in [0.5, 0.6) is 0 Å².